The molecule has 0 spiro atoms. The fourth-order valence-corrected chi connectivity index (χ4v) is 1.66. The summed E-state index contributed by atoms with van der Waals surface area (Å²) in [5.74, 6) is 0.293. The van der Waals surface area contributed by atoms with Crippen molar-refractivity contribution in [3.05, 3.63) is 43.1 Å². The molecule has 3 aromatic rings. The molecule has 0 atom stereocenters. The monoisotopic (exact) mass is 270 g/mol. The summed E-state index contributed by atoms with van der Waals surface area (Å²) in [4.78, 5) is 16.1. The summed E-state index contributed by atoms with van der Waals surface area (Å²) < 4.78 is 2.91. The van der Waals surface area contributed by atoms with Gasteiger partial charge in [-0.05, 0) is 28.6 Å². The van der Waals surface area contributed by atoms with Gasteiger partial charge < -0.3 is 5.32 Å². The molecule has 1 N–H and O–H groups in total. The number of nitrogens with zero attached hydrogens (tertiary/aromatic N) is 7. The van der Waals surface area contributed by atoms with Crippen molar-refractivity contribution in [2.24, 2.45) is 0 Å². The van der Waals surface area contributed by atoms with Crippen molar-refractivity contribution in [1.82, 2.24) is 35.0 Å². The quantitative estimate of drug-likeness (QED) is 0.709. The molecule has 0 saturated heterocycles. The van der Waals surface area contributed by atoms with E-state index in [9.17, 15) is 4.79 Å². The zero-order valence-electron chi connectivity index (χ0n) is 10.3. The Morgan fingerprint density at radius 3 is 3.00 bits per heavy atom. The van der Waals surface area contributed by atoms with E-state index in [0.717, 1.165) is 0 Å². The second kappa shape index (κ2) is 5.26. The number of anilines is 1. The summed E-state index contributed by atoms with van der Waals surface area (Å²) >= 11 is 0. The van der Waals surface area contributed by atoms with Gasteiger partial charge in [0.1, 0.15) is 12.9 Å². The van der Waals surface area contributed by atoms with Crippen molar-refractivity contribution >= 4 is 11.6 Å². The van der Waals surface area contributed by atoms with Crippen LogP contribution in [0.15, 0.2) is 43.1 Å². The molecule has 0 aromatic carbocycles. The maximum Gasteiger partial charge on any atom is 0.246 e. The van der Waals surface area contributed by atoms with Gasteiger partial charge in [-0.15, -0.1) is 5.10 Å². The van der Waals surface area contributed by atoms with E-state index in [1.54, 1.807) is 41.5 Å². The van der Waals surface area contributed by atoms with Crippen LogP contribution in [0.3, 0.4) is 0 Å². The molecule has 0 radical (unpaired) electrons. The molecule has 0 unspecified atom stereocenters. The standard InChI is InChI=1S/C11H10N8O/c20-10(7-18-8-13-16-17-18)15-9-3-1-4-12-11(9)19-6-2-5-14-19/h1-6,8H,7H2,(H,15,20). The highest BCUT2D eigenvalue weighted by Crippen LogP contribution is 2.15. The number of rotatable bonds is 4. The van der Waals surface area contributed by atoms with Gasteiger partial charge in [0.15, 0.2) is 5.82 Å². The molecule has 3 aromatic heterocycles. The molecule has 0 aliphatic carbocycles. The van der Waals surface area contributed by atoms with Crippen LogP contribution >= 0.6 is 0 Å². The van der Waals surface area contributed by atoms with E-state index in [1.165, 1.54) is 11.0 Å². The van der Waals surface area contributed by atoms with Crippen molar-refractivity contribution in [2.75, 3.05) is 5.32 Å². The molecule has 0 aliphatic heterocycles. The fourth-order valence-electron chi connectivity index (χ4n) is 1.66. The van der Waals surface area contributed by atoms with Crippen LogP contribution in [-0.2, 0) is 11.3 Å². The number of hydrogen-bond acceptors (Lipinski definition) is 6. The van der Waals surface area contributed by atoms with Crippen LogP contribution in [0.2, 0.25) is 0 Å². The van der Waals surface area contributed by atoms with Gasteiger partial charge in [0.25, 0.3) is 0 Å². The average molecular weight is 270 g/mol. The number of pyridine rings is 1. The summed E-state index contributed by atoms with van der Waals surface area (Å²) in [6, 6.07) is 5.27. The Labute approximate surface area is 113 Å². The third-order valence-electron chi connectivity index (χ3n) is 2.48. The molecule has 1 amide bonds. The van der Waals surface area contributed by atoms with Crippen LogP contribution < -0.4 is 5.32 Å². The molecule has 9 heteroatoms. The number of hydrogen-bond donors (Lipinski definition) is 1. The molecule has 100 valence electrons. The number of aromatic nitrogens is 7. The van der Waals surface area contributed by atoms with Gasteiger partial charge >= 0.3 is 0 Å². The number of amides is 1. The molecule has 0 saturated carbocycles. The lowest BCUT2D eigenvalue weighted by molar-refractivity contribution is -0.116. The first-order valence-corrected chi connectivity index (χ1v) is 5.78. The van der Waals surface area contributed by atoms with Gasteiger partial charge in [-0.2, -0.15) is 5.10 Å². The summed E-state index contributed by atoms with van der Waals surface area (Å²) in [5, 5.41) is 17.4. The molecule has 0 fully saturated rings. The van der Waals surface area contributed by atoms with Crippen LogP contribution in [0.25, 0.3) is 5.82 Å². The van der Waals surface area contributed by atoms with Crippen LogP contribution in [0.4, 0.5) is 5.69 Å². The highest BCUT2D eigenvalue weighted by atomic mass is 16.2. The van der Waals surface area contributed by atoms with E-state index < -0.39 is 0 Å². The Balaban J connectivity index is 1.79. The Hall–Kier alpha value is -3.10. The Kier molecular flexibility index (Phi) is 3.15. The van der Waals surface area contributed by atoms with E-state index >= 15 is 0 Å². The highest BCUT2D eigenvalue weighted by Gasteiger charge is 2.10. The van der Waals surface area contributed by atoms with Crippen LogP contribution in [0, 0.1) is 0 Å². The van der Waals surface area contributed by atoms with Crippen LogP contribution in [-0.4, -0.2) is 40.9 Å². The van der Waals surface area contributed by atoms with Gasteiger partial charge in [0.05, 0.1) is 5.69 Å². The van der Waals surface area contributed by atoms with Crippen molar-refractivity contribution in [2.45, 2.75) is 6.54 Å². The van der Waals surface area contributed by atoms with E-state index in [4.69, 9.17) is 0 Å². The van der Waals surface area contributed by atoms with Gasteiger partial charge in [-0.3, -0.25) is 4.79 Å². The predicted molar refractivity (Wildman–Crippen MR) is 67.8 cm³/mol. The Morgan fingerprint density at radius 2 is 2.25 bits per heavy atom. The van der Waals surface area contributed by atoms with Crippen molar-refractivity contribution in [3.8, 4) is 5.82 Å². The minimum absolute atomic E-state index is 0.0282. The lowest BCUT2D eigenvalue weighted by atomic mass is 10.3. The first-order valence-electron chi connectivity index (χ1n) is 5.78. The normalized spacial score (nSPS) is 10.4. The molecule has 3 heterocycles. The van der Waals surface area contributed by atoms with Crippen molar-refractivity contribution < 1.29 is 4.79 Å². The largest absolute Gasteiger partial charge is 0.321 e. The molecule has 0 aliphatic rings. The fraction of sp³-hybridized carbons (Fsp3) is 0.0909. The van der Waals surface area contributed by atoms with Gasteiger partial charge in [-0.25, -0.2) is 14.3 Å². The predicted octanol–water partition coefficient (Wildman–Crippen LogP) is -0.108. The molecule has 9 nitrogen and oxygen atoms in total. The molecular formula is C11H10N8O. The minimum atomic E-state index is -0.251. The first-order chi connectivity index (χ1) is 9.83. The molecule has 0 bridgehead atoms. The lowest BCUT2D eigenvalue weighted by Crippen LogP contribution is -2.20. The van der Waals surface area contributed by atoms with E-state index in [0.29, 0.717) is 11.5 Å². The summed E-state index contributed by atoms with van der Waals surface area (Å²) in [6.07, 6.45) is 6.39. The topological polar surface area (TPSA) is 103 Å². The highest BCUT2D eigenvalue weighted by molar-refractivity contribution is 5.92. The number of carbonyl (C=O) groups excluding carboxylic acids is 1. The zero-order valence-corrected chi connectivity index (χ0v) is 10.3. The number of nitrogens with one attached hydrogen (secondary N) is 1. The van der Waals surface area contributed by atoms with Crippen molar-refractivity contribution in [3.63, 3.8) is 0 Å². The second-order valence-corrected chi connectivity index (χ2v) is 3.88. The van der Waals surface area contributed by atoms with E-state index in [2.05, 4.69) is 30.9 Å². The Morgan fingerprint density at radius 1 is 1.30 bits per heavy atom. The van der Waals surface area contributed by atoms with E-state index in [-0.39, 0.29) is 12.5 Å². The molecular weight excluding hydrogens is 260 g/mol. The summed E-state index contributed by atoms with van der Waals surface area (Å²) in [7, 11) is 0. The van der Waals surface area contributed by atoms with E-state index in [1.807, 2.05) is 0 Å². The van der Waals surface area contributed by atoms with Crippen molar-refractivity contribution in [1.29, 1.82) is 0 Å². The summed E-state index contributed by atoms with van der Waals surface area (Å²) in [6.45, 7) is 0.0282. The third kappa shape index (κ3) is 2.51. The van der Waals surface area contributed by atoms with Gasteiger partial charge in [-0.1, -0.05) is 0 Å². The molecule has 3 rings (SSSR count). The number of tetrazole rings is 1. The maximum atomic E-state index is 11.9. The minimum Gasteiger partial charge on any atom is -0.321 e. The first kappa shape index (κ1) is 12.0. The maximum absolute atomic E-state index is 11.9. The smallest absolute Gasteiger partial charge is 0.246 e. The SMILES string of the molecule is O=C(Cn1cnnn1)Nc1cccnc1-n1cccn1. The van der Waals surface area contributed by atoms with Gasteiger partial charge in [0, 0.05) is 18.6 Å². The molecule has 20 heavy (non-hydrogen) atoms. The Bertz CT molecular complexity index is 691. The third-order valence-corrected chi connectivity index (χ3v) is 2.48. The average Bonchev–Trinajstić information content (AvgIpc) is 3.11. The van der Waals surface area contributed by atoms with Crippen LogP contribution in [0.5, 0.6) is 0 Å². The van der Waals surface area contributed by atoms with Gasteiger partial charge in [0.2, 0.25) is 5.91 Å². The zero-order chi connectivity index (χ0) is 13.8. The number of carbonyl (C=O) groups is 1. The summed E-state index contributed by atoms with van der Waals surface area (Å²) in [5.41, 5.74) is 0.564. The lowest BCUT2D eigenvalue weighted by Gasteiger charge is -2.09. The van der Waals surface area contributed by atoms with Crippen LogP contribution in [0.1, 0.15) is 0 Å². The second-order valence-electron chi connectivity index (χ2n) is 3.88.